The first-order valence-corrected chi connectivity index (χ1v) is 4.44. The summed E-state index contributed by atoms with van der Waals surface area (Å²) in [7, 11) is 4.93. The van der Waals surface area contributed by atoms with Gasteiger partial charge in [-0.25, -0.2) is 0 Å². The lowest BCUT2D eigenvalue weighted by Gasteiger charge is -2.34. The molecule has 0 aliphatic heterocycles. The summed E-state index contributed by atoms with van der Waals surface area (Å²) in [4.78, 5) is 23.2. The number of nitrogens with one attached hydrogen (secondary N) is 3. The van der Waals surface area contributed by atoms with Crippen molar-refractivity contribution in [2.24, 2.45) is 0 Å². The molecule has 0 aromatic rings. The number of likely N-dealkylation sites (N-methyl/N-ethyl adjacent to an activating group) is 3. The molecule has 0 aromatic heterocycles. The zero-order valence-electron chi connectivity index (χ0n) is 8.60. The Hall–Kier alpha value is -1.20. The molecule has 0 bridgehead atoms. The molecule has 0 fully saturated rings. The molecule has 3 N–H and O–H groups in total. The lowest BCUT2D eigenvalue weighted by Crippen LogP contribution is -2.63. The Morgan fingerprint density at radius 2 is 1.79 bits per heavy atom. The largest absolute Gasteiger partial charge is 0.385 e. The number of hydrogen-bond donors (Lipinski definition) is 3. The molecular formula is C9H15N3O2. The molecule has 0 aromatic carbocycles. The van der Waals surface area contributed by atoms with Gasteiger partial charge < -0.3 is 5.32 Å². The normalized spacial score (nSPS) is 20.6. The third kappa shape index (κ3) is 1.56. The minimum atomic E-state index is -0.954. The number of Topliss-reactive ketones (excluding diaryl/α,β-unsaturated/α-hetero) is 1. The van der Waals surface area contributed by atoms with Crippen molar-refractivity contribution in [3.8, 4) is 0 Å². The van der Waals surface area contributed by atoms with E-state index in [0.717, 1.165) is 0 Å². The van der Waals surface area contributed by atoms with Gasteiger partial charge in [0.2, 0.25) is 5.78 Å². The molecule has 1 rings (SSSR count). The summed E-state index contributed by atoms with van der Waals surface area (Å²) < 4.78 is 0. The third-order valence-electron chi connectivity index (χ3n) is 2.50. The number of ketones is 2. The van der Waals surface area contributed by atoms with E-state index >= 15 is 0 Å². The summed E-state index contributed by atoms with van der Waals surface area (Å²) in [5, 5.41) is 8.42. The van der Waals surface area contributed by atoms with Gasteiger partial charge in [0.1, 0.15) is 5.66 Å². The highest BCUT2D eigenvalue weighted by molar-refractivity contribution is 6.13. The number of allylic oxidation sites excluding steroid dienone is 1. The first-order chi connectivity index (χ1) is 6.59. The van der Waals surface area contributed by atoms with Crippen molar-refractivity contribution in [3.05, 3.63) is 11.8 Å². The fraction of sp³-hybridized carbons (Fsp3) is 0.556. The van der Waals surface area contributed by atoms with Gasteiger partial charge in [-0.1, -0.05) is 0 Å². The molecule has 5 nitrogen and oxygen atoms in total. The van der Waals surface area contributed by atoms with E-state index in [0.29, 0.717) is 5.70 Å². The van der Waals surface area contributed by atoms with Gasteiger partial charge in [0.05, 0.1) is 5.70 Å². The Kier molecular flexibility index (Phi) is 3.03. The van der Waals surface area contributed by atoms with Gasteiger partial charge in [-0.2, -0.15) is 0 Å². The molecule has 0 heterocycles. The standard InChI is InChI=1S/C9H15N3O2/c1-10-7-4-6(13)5-9(11-2,12-3)8(7)14/h4,10-12H,5H2,1-3H3. The first-order valence-electron chi connectivity index (χ1n) is 4.44. The summed E-state index contributed by atoms with van der Waals surface area (Å²) in [6.45, 7) is 0. The van der Waals surface area contributed by atoms with Crippen LogP contribution in [-0.2, 0) is 9.59 Å². The van der Waals surface area contributed by atoms with E-state index in [1.54, 1.807) is 21.1 Å². The fourth-order valence-electron chi connectivity index (χ4n) is 1.56. The Morgan fingerprint density at radius 1 is 1.21 bits per heavy atom. The van der Waals surface area contributed by atoms with Crippen LogP contribution in [0.3, 0.4) is 0 Å². The van der Waals surface area contributed by atoms with Crippen molar-refractivity contribution in [2.45, 2.75) is 12.1 Å². The molecule has 14 heavy (non-hydrogen) atoms. The van der Waals surface area contributed by atoms with Gasteiger partial charge in [-0.05, 0) is 14.1 Å². The molecule has 5 heteroatoms. The molecule has 1 aliphatic rings. The maximum atomic E-state index is 11.9. The number of carbonyl (C=O) groups is 2. The highest BCUT2D eigenvalue weighted by atomic mass is 16.1. The van der Waals surface area contributed by atoms with E-state index in [1.165, 1.54) is 6.08 Å². The molecule has 0 atom stereocenters. The van der Waals surface area contributed by atoms with Crippen LogP contribution in [0.2, 0.25) is 0 Å². The van der Waals surface area contributed by atoms with Crippen LogP contribution in [0.15, 0.2) is 11.8 Å². The van der Waals surface area contributed by atoms with Crippen LogP contribution in [-0.4, -0.2) is 38.4 Å². The molecule has 1 aliphatic carbocycles. The van der Waals surface area contributed by atoms with Crippen LogP contribution in [0.4, 0.5) is 0 Å². The van der Waals surface area contributed by atoms with E-state index in [2.05, 4.69) is 16.0 Å². The van der Waals surface area contributed by atoms with Crippen LogP contribution in [0, 0.1) is 0 Å². The monoisotopic (exact) mass is 197 g/mol. The van der Waals surface area contributed by atoms with Gasteiger partial charge in [-0.15, -0.1) is 0 Å². The van der Waals surface area contributed by atoms with Gasteiger partial charge in [-0.3, -0.25) is 20.2 Å². The highest BCUT2D eigenvalue weighted by Gasteiger charge is 2.41. The molecule has 0 spiro atoms. The number of carbonyl (C=O) groups excluding carboxylic acids is 2. The molecular weight excluding hydrogens is 182 g/mol. The van der Waals surface area contributed by atoms with Crippen LogP contribution >= 0.6 is 0 Å². The second-order valence-electron chi connectivity index (χ2n) is 3.19. The molecule has 0 saturated carbocycles. The van der Waals surface area contributed by atoms with E-state index in [4.69, 9.17) is 0 Å². The molecule has 78 valence electrons. The van der Waals surface area contributed by atoms with Crippen LogP contribution in [0.1, 0.15) is 6.42 Å². The fourth-order valence-corrected chi connectivity index (χ4v) is 1.56. The number of rotatable bonds is 3. The van der Waals surface area contributed by atoms with E-state index in [9.17, 15) is 9.59 Å². The Balaban J connectivity index is 3.09. The predicted octanol–water partition coefficient (Wildman–Crippen LogP) is -1.23. The predicted molar refractivity (Wildman–Crippen MR) is 52.6 cm³/mol. The zero-order chi connectivity index (χ0) is 10.8. The molecule has 0 amide bonds. The molecule has 0 unspecified atom stereocenters. The van der Waals surface area contributed by atoms with Crippen molar-refractivity contribution in [2.75, 3.05) is 21.1 Å². The summed E-state index contributed by atoms with van der Waals surface area (Å²) in [5.41, 5.74) is -0.616. The van der Waals surface area contributed by atoms with Gasteiger partial charge in [0.15, 0.2) is 5.78 Å². The minimum Gasteiger partial charge on any atom is -0.385 e. The molecule has 0 saturated heterocycles. The Bertz CT molecular complexity index is 292. The average molecular weight is 197 g/mol. The molecule has 0 radical (unpaired) electrons. The highest BCUT2D eigenvalue weighted by Crippen LogP contribution is 2.18. The minimum absolute atomic E-state index is 0.0716. The zero-order valence-corrected chi connectivity index (χ0v) is 8.60. The number of hydrogen-bond acceptors (Lipinski definition) is 5. The van der Waals surface area contributed by atoms with Crippen molar-refractivity contribution in [3.63, 3.8) is 0 Å². The average Bonchev–Trinajstić information content (AvgIpc) is 2.21. The Labute approximate surface area is 82.9 Å². The van der Waals surface area contributed by atoms with E-state index in [1.807, 2.05) is 0 Å². The van der Waals surface area contributed by atoms with Crippen molar-refractivity contribution in [1.29, 1.82) is 0 Å². The van der Waals surface area contributed by atoms with Crippen molar-refractivity contribution >= 4 is 11.6 Å². The smallest absolute Gasteiger partial charge is 0.213 e. The second kappa shape index (κ2) is 3.89. The third-order valence-corrected chi connectivity index (χ3v) is 2.50. The van der Waals surface area contributed by atoms with Crippen molar-refractivity contribution < 1.29 is 9.59 Å². The topological polar surface area (TPSA) is 70.2 Å². The van der Waals surface area contributed by atoms with Gasteiger partial charge in [0, 0.05) is 19.5 Å². The SMILES string of the molecule is CNC1=CC(=O)CC(NC)(NC)C1=O. The van der Waals surface area contributed by atoms with Gasteiger partial charge in [0.25, 0.3) is 0 Å². The lowest BCUT2D eigenvalue weighted by molar-refractivity contribution is -0.129. The van der Waals surface area contributed by atoms with Gasteiger partial charge >= 0.3 is 0 Å². The van der Waals surface area contributed by atoms with Crippen LogP contribution in [0.5, 0.6) is 0 Å². The first kappa shape index (κ1) is 10.9. The summed E-state index contributed by atoms with van der Waals surface area (Å²) in [5.74, 6) is -0.206. The van der Waals surface area contributed by atoms with E-state index < -0.39 is 5.66 Å². The maximum Gasteiger partial charge on any atom is 0.213 e. The summed E-state index contributed by atoms with van der Waals surface area (Å²) in [6.07, 6.45) is 1.49. The van der Waals surface area contributed by atoms with Crippen LogP contribution < -0.4 is 16.0 Å². The summed E-state index contributed by atoms with van der Waals surface area (Å²) in [6, 6.07) is 0. The maximum absolute atomic E-state index is 11.9. The lowest BCUT2D eigenvalue weighted by atomic mass is 9.90. The van der Waals surface area contributed by atoms with Crippen molar-refractivity contribution in [1.82, 2.24) is 16.0 Å². The Morgan fingerprint density at radius 3 is 2.21 bits per heavy atom. The second-order valence-corrected chi connectivity index (χ2v) is 3.19. The quantitative estimate of drug-likeness (QED) is 0.494. The van der Waals surface area contributed by atoms with E-state index in [-0.39, 0.29) is 18.0 Å². The summed E-state index contributed by atoms with van der Waals surface area (Å²) >= 11 is 0. The van der Waals surface area contributed by atoms with Crippen LogP contribution in [0.25, 0.3) is 0 Å².